The molecule has 1 unspecified atom stereocenters. The second-order valence-corrected chi connectivity index (χ2v) is 5.41. The fourth-order valence-corrected chi connectivity index (χ4v) is 1.26. The molecule has 0 radical (unpaired) electrons. The summed E-state index contributed by atoms with van der Waals surface area (Å²) >= 11 is 0. The van der Waals surface area contributed by atoms with Gasteiger partial charge >= 0.3 is 0 Å². The minimum Gasteiger partial charge on any atom is -0.150 e. The summed E-state index contributed by atoms with van der Waals surface area (Å²) in [6.07, 6.45) is 1.03. The van der Waals surface area contributed by atoms with Gasteiger partial charge in [-0.3, -0.25) is 0 Å². The van der Waals surface area contributed by atoms with Crippen LogP contribution in [0, 0.1) is 16.2 Å². The summed E-state index contributed by atoms with van der Waals surface area (Å²) in [6, 6.07) is 0. The fourth-order valence-electron chi connectivity index (χ4n) is 1.26. The van der Waals surface area contributed by atoms with Gasteiger partial charge in [-0.1, -0.05) is 32.9 Å². The molecule has 72 valence electrons. The van der Waals surface area contributed by atoms with Crippen molar-refractivity contribution in [2.75, 3.05) is 0 Å². The van der Waals surface area contributed by atoms with Crippen LogP contribution in [0.25, 0.3) is 0 Å². The van der Waals surface area contributed by atoms with E-state index >= 15 is 0 Å². The molecule has 0 spiro atoms. The van der Waals surface area contributed by atoms with Crippen LogP contribution < -0.4 is 0 Å². The third-order valence-corrected chi connectivity index (χ3v) is 2.36. The third-order valence-electron chi connectivity index (χ3n) is 2.36. The lowest BCUT2D eigenvalue weighted by Crippen LogP contribution is -2.29. The molecule has 0 aromatic heterocycles. The highest BCUT2D eigenvalue weighted by Gasteiger charge is 2.30. The van der Waals surface area contributed by atoms with Crippen LogP contribution >= 0.6 is 0 Å². The van der Waals surface area contributed by atoms with Crippen LogP contribution in [0.2, 0.25) is 0 Å². The Kier molecular flexibility index (Phi) is 3.43. The van der Waals surface area contributed by atoms with Crippen LogP contribution in [-0.4, -0.2) is 5.54 Å². The SMILES string of the molecule is CC(CC(C)(C)C)C(C)(C)N=O. The van der Waals surface area contributed by atoms with Gasteiger partial charge in [-0.15, -0.1) is 0 Å². The minimum atomic E-state index is -0.423. The zero-order valence-corrected chi connectivity index (χ0v) is 9.14. The van der Waals surface area contributed by atoms with E-state index in [1.807, 2.05) is 13.8 Å². The van der Waals surface area contributed by atoms with Crippen LogP contribution in [0.3, 0.4) is 0 Å². The predicted octanol–water partition coefficient (Wildman–Crippen LogP) is 3.60. The van der Waals surface area contributed by atoms with E-state index in [0.717, 1.165) is 6.42 Å². The van der Waals surface area contributed by atoms with Gasteiger partial charge in [-0.2, -0.15) is 4.91 Å². The number of nitroso groups, excluding NO2 is 1. The monoisotopic (exact) mass is 171 g/mol. The standard InChI is InChI=1S/C10H21NO/c1-8(7-9(2,3)4)10(5,6)11-12/h8H,7H2,1-6H3. The van der Waals surface area contributed by atoms with Gasteiger partial charge < -0.3 is 0 Å². The molecule has 0 aliphatic heterocycles. The van der Waals surface area contributed by atoms with E-state index in [4.69, 9.17) is 0 Å². The molecule has 0 rings (SSSR count). The molecule has 0 fully saturated rings. The zero-order chi connectivity index (χ0) is 9.99. The maximum Gasteiger partial charge on any atom is 0.0996 e. The Balaban J connectivity index is 4.22. The van der Waals surface area contributed by atoms with Gasteiger partial charge in [-0.25, -0.2) is 0 Å². The Morgan fingerprint density at radius 1 is 1.17 bits per heavy atom. The van der Waals surface area contributed by atoms with Crippen LogP contribution in [0.5, 0.6) is 0 Å². The second-order valence-electron chi connectivity index (χ2n) is 5.41. The summed E-state index contributed by atoms with van der Waals surface area (Å²) in [5.74, 6) is 0.343. The molecule has 0 amide bonds. The Hall–Kier alpha value is -0.400. The molecule has 0 N–H and O–H groups in total. The van der Waals surface area contributed by atoms with E-state index in [0.29, 0.717) is 5.92 Å². The Morgan fingerprint density at radius 3 is 1.83 bits per heavy atom. The maximum atomic E-state index is 10.5. The normalized spacial score (nSPS) is 15.8. The minimum absolute atomic E-state index is 0.279. The van der Waals surface area contributed by atoms with E-state index in [1.165, 1.54) is 0 Å². The zero-order valence-electron chi connectivity index (χ0n) is 9.14. The molecule has 0 bridgehead atoms. The van der Waals surface area contributed by atoms with E-state index in [1.54, 1.807) is 0 Å². The van der Waals surface area contributed by atoms with E-state index in [2.05, 4.69) is 32.9 Å². The maximum absolute atomic E-state index is 10.5. The van der Waals surface area contributed by atoms with Crippen molar-refractivity contribution in [2.24, 2.45) is 16.5 Å². The number of nitrogens with zero attached hydrogens (tertiary/aromatic N) is 1. The number of hydrogen-bond acceptors (Lipinski definition) is 2. The van der Waals surface area contributed by atoms with Crippen LogP contribution in [0.4, 0.5) is 0 Å². The first-order chi connectivity index (χ1) is 5.19. The van der Waals surface area contributed by atoms with Crippen LogP contribution in [0.15, 0.2) is 5.18 Å². The van der Waals surface area contributed by atoms with Crippen molar-refractivity contribution < 1.29 is 0 Å². The smallest absolute Gasteiger partial charge is 0.0996 e. The van der Waals surface area contributed by atoms with Crippen LogP contribution in [-0.2, 0) is 0 Å². The number of hydrogen-bond donors (Lipinski definition) is 0. The van der Waals surface area contributed by atoms with Gasteiger partial charge in [0, 0.05) is 0 Å². The Labute approximate surface area is 75.7 Å². The fraction of sp³-hybridized carbons (Fsp3) is 1.00. The lowest BCUT2D eigenvalue weighted by atomic mass is 9.77. The molecule has 2 heteroatoms. The average molecular weight is 171 g/mol. The van der Waals surface area contributed by atoms with Crippen molar-refractivity contribution in [1.82, 2.24) is 0 Å². The lowest BCUT2D eigenvalue weighted by Gasteiger charge is -2.30. The molecule has 0 saturated carbocycles. The first-order valence-electron chi connectivity index (χ1n) is 4.53. The summed E-state index contributed by atoms with van der Waals surface area (Å²) in [5, 5.41) is 3.15. The number of rotatable bonds is 3. The highest BCUT2D eigenvalue weighted by atomic mass is 16.3. The van der Waals surface area contributed by atoms with Crippen molar-refractivity contribution >= 4 is 0 Å². The summed E-state index contributed by atoms with van der Waals surface area (Å²) in [7, 11) is 0. The average Bonchev–Trinajstić information content (AvgIpc) is 1.84. The highest BCUT2D eigenvalue weighted by Crippen LogP contribution is 2.32. The molecule has 0 saturated heterocycles. The molecule has 2 nitrogen and oxygen atoms in total. The topological polar surface area (TPSA) is 29.4 Å². The van der Waals surface area contributed by atoms with Gasteiger partial charge in [0.15, 0.2) is 0 Å². The summed E-state index contributed by atoms with van der Waals surface area (Å²) in [5.41, 5.74) is -0.144. The van der Waals surface area contributed by atoms with Crippen molar-refractivity contribution in [3.05, 3.63) is 4.91 Å². The summed E-state index contributed by atoms with van der Waals surface area (Å²) in [6.45, 7) is 12.4. The Morgan fingerprint density at radius 2 is 1.58 bits per heavy atom. The quantitative estimate of drug-likeness (QED) is 0.596. The van der Waals surface area contributed by atoms with E-state index in [9.17, 15) is 4.91 Å². The lowest BCUT2D eigenvalue weighted by molar-refractivity contribution is 0.232. The van der Waals surface area contributed by atoms with Crippen LogP contribution in [0.1, 0.15) is 48.0 Å². The molecule has 0 heterocycles. The summed E-state index contributed by atoms with van der Waals surface area (Å²) in [4.78, 5) is 10.5. The first-order valence-corrected chi connectivity index (χ1v) is 4.53. The molecule has 0 aromatic rings. The van der Waals surface area contributed by atoms with Gasteiger partial charge in [0.25, 0.3) is 0 Å². The third kappa shape index (κ3) is 3.84. The second kappa shape index (κ2) is 3.55. The van der Waals surface area contributed by atoms with Crippen molar-refractivity contribution in [2.45, 2.75) is 53.5 Å². The highest BCUT2D eigenvalue weighted by molar-refractivity contribution is 4.85. The molecule has 1 atom stereocenters. The molecule has 0 aliphatic carbocycles. The molecular formula is C10H21NO. The van der Waals surface area contributed by atoms with E-state index < -0.39 is 5.54 Å². The largest absolute Gasteiger partial charge is 0.150 e. The van der Waals surface area contributed by atoms with Gasteiger partial charge in [-0.05, 0) is 31.6 Å². The van der Waals surface area contributed by atoms with E-state index in [-0.39, 0.29) is 5.41 Å². The molecule has 12 heavy (non-hydrogen) atoms. The molecule has 0 aliphatic rings. The van der Waals surface area contributed by atoms with Gasteiger partial charge in [0.05, 0.1) is 5.54 Å². The summed E-state index contributed by atoms with van der Waals surface area (Å²) < 4.78 is 0. The van der Waals surface area contributed by atoms with Gasteiger partial charge in [0.2, 0.25) is 0 Å². The predicted molar refractivity (Wildman–Crippen MR) is 53.1 cm³/mol. The van der Waals surface area contributed by atoms with Gasteiger partial charge in [0.1, 0.15) is 0 Å². The van der Waals surface area contributed by atoms with Crippen molar-refractivity contribution in [1.29, 1.82) is 0 Å². The van der Waals surface area contributed by atoms with Crippen molar-refractivity contribution in [3.8, 4) is 0 Å². The molecular weight excluding hydrogens is 150 g/mol. The Bertz CT molecular complexity index is 156. The molecule has 0 aromatic carbocycles. The first kappa shape index (κ1) is 11.6. The van der Waals surface area contributed by atoms with Crippen molar-refractivity contribution in [3.63, 3.8) is 0 Å².